The van der Waals surface area contributed by atoms with Gasteiger partial charge < -0.3 is 5.32 Å². The molecule has 0 spiro atoms. The lowest BCUT2D eigenvalue weighted by molar-refractivity contribution is 0.561. The maximum Gasteiger partial charge on any atom is 0.133 e. The summed E-state index contributed by atoms with van der Waals surface area (Å²) < 4.78 is 27.3. The van der Waals surface area contributed by atoms with Crippen LogP contribution in [0.25, 0.3) is 10.6 Å². The van der Waals surface area contributed by atoms with Crippen LogP contribution in [0.4, 0.5) is 8.78 Å². The largest absolute Gasteiger partial charge is 0.312 e. The monoisotopic (exact) mass is 310 g/mol. The highest BCUT2D eigenvalue weighted by Crippen LogP contribution is 2.35. The third kappa shape index (κ3) is 3.66. The molecule has 0 aliphatic heterocycles. The second kappa shape index (κ2) is 6.20. The molecular weight excluding hydrogens is 290 g/mol. The van der Waals surface area contributed by atoms with Crippen molar-refractivity contribution in [1.82, 2.24) is 10.3 Å². The Hall–Kier alpha value is -1.33. The van der Waals surface area contributed by atoms with Crippen LogP contribution in [0.1, 0.15) is 38.3 Å². The summed E-state index contributed by atoms with van der Waals surface area (Å²) in [5.74, 6) is -0.896. The number of aromatic nitrogens is 1. The molecule has 1 aromatic carbocycles. The van der Waals surface area contributed by atoms with Gasteiger partial charge in [-0.2, -0.15) is 0 Å². The molecule has 1 N–H and O–H groups in total. The van der Waals surface area contributed by atoms with Crippen LogP contribution in [0.3, 0.4) is 0 Å². The van der Waals surface area contributed by atoms with Crippen molar-refractivity contribution in [3.63, 3.8) is 0 Å². The molecule has 5 heteroatoms. The quantitative estimate of drug-likeness (QED) is 0.899. The van der Waals surface area contributed by atoms with Gasteiger partial charge in [0.2, 0.25) is 0 Å². The molecule has 0 radical (unpaired) electrons. The highest BCUT2D eigenvalue weighted by molar-refractivity contribution is 7.15. The molecule has 2 rings (SSSR count). The van der Waals surface area contributed by atoms with Crippen molar-refractivity contribution in [2.45, 2.75) is 39.7 Å². The average molecular weight is 310 g/mol. The third-order valence-electron chi connectivity index (χ3n) is 3.10. The lowest BCUT2D eigenvalue weighted by atomic mass is 9.91. The van der Waals surface area contributed by atoms with Gasteiger partial charge in [0, 0.05) is 22.4 Å². The minimum absolute atomic E-state index is 0.136. The van der Waals surface area contributed by atoms with Gasteiger partial charge >= 0.3 is 0 Å². The van der Waals surface area contributed by atoms with Crippen molar-refractivity contribution in [1.29, 1.82) is 0 Å². The van der Waals surface area contributed by atoms with Crippen LogP contribution >= 0.6 is 11.3 Å². The van der Waals surface area contributed by atoms with Gasteiger partial charge in [-0.15, -0.1) is 11.3 Å². The molecule has 21 heavy (non-hydrogen) atoms. The maximum absolute atomic E-state index is 13.9. The van der Waals surface area contributed by atoms with Gasteiger partial charge in [0.25, 0.3) is 0 Å². The number of hydrogen-bond acceptors (Lipinski definition) is 3. The molecule has 0 unspecified atom stereocenters. The van der Waals surface area contributed by atoms with Crippen molar-refractivity contribution in [2.24, 2.45) is 0 Å². The summed E-state index contributed by atoms with van der Waals surface area (Å²) in [6, 6.07) is 3.47. The number of halogens is 2. The highest BCUT2D eigenvalue weighted by atomic mass is 32.1. The molecule has 0 fully saturated rings. The Morgan fingerprint density at radius 1 is 1.24 bits per heavy atom. The predicted molar refractivity (Wildman–Crippen MR) is 83.5 cm³/mol. The van der Waals surface area contributed by atoms with E-state index in [1.807, 2.05) is 6.92 Å². The molecule has 0 saturated heterocycles. The first kappa shape index (κ1) is 16.0. The Morgan fingerprint density at radius 3 is 2.57 bits per heavy atom. The summed E-state index contributed by atoms with van der Waals surface area (Å²) in [5.41, 5.74) is 1.03. The summed E-state index contributed by atoms with van der Waals surface area (Å²) in [4.78, 5) is 5.65. The molecule has 2 nitrogen and oxygen atoms in total. The standard InChI is InChI=1S/C16H20F2N2S/c1-5-19-9-13-14(16(2,3)4)20-15(21-13)11-8-10(17)6-7-12(11)18/h6-8,19H,5,9H2,1-4H3. The first-order valence-electron chi connectivity index (χ1n) is 6.99. The van der Waals surface area contributed by atoms with Crippen molar-refractivity contribution in [3.05, 3.63) is 40.4 Å². The first-order valence-corrected chi connectivity index (χ1v) is 7.81. The van der Waals surface area contributed by atoms with Crippen molar-refractivity contribution in [3.8, 4) is 10.6 Å². The summed E-state index contributed by atoms with van der Waals surface area (Å²) in [7, 11) is 0. The van der Waals surface area contributed by atoms with E-state index in [0.717, 1.165) is 29.2 Å². The zero-order valence-electron chi connectivity index (χ0n) is 12.8. The van der Waals surface area contributed by atoms with Crippen LogP contribution in [0, 0.1) is 11.6 Å². The van der Waals surface area contributed by atoms with Crippen LogP contribution in [-0.4, -0.2) is 11.5 Å². The molecule has 2 aromatic rings. The van der Waals surface area contributed by atoms with Crippen molar-refractivity contribution < 1.29 is 8.78 Å². The Labute approximate surface area is 128 Å². The molecule has 0 atom stereocenters. The highest BCUT2D eigenvalue weighted by Gasteiger charge is 2.24. The number of nitrogens with zero attached hydrogens (tertiary/aromatic N) is 1. The zero-order valence-corrected chi connectivity index (χ0v) is 13.6. The summed E-state index contributed by atoms with van der Waals surface area (Å²) in [5, 5.41) is 3.80. The van der Waals surface area contributed by atoms with Gasteiger partial charge in [-0.25, -0.2) is 13.8 Å². The normalized spacial score (nSPS) is 11.9. The summed E-state index contributed by atoms with van der Waals surface area (Å²) in [6.45, 7) is 9.80. The number of nitrogens with one attached hydrogen (secondary N) is 1. The molecule has 0 saturated carbocycles. The van der Waals surface area contributed by atoms with E-state index >= 15 is 0 Å². The predicted octanol–water partition coefficient (Wildman–Crippen LogP) is 4.50. The Balaban J connectivity index is 2.50. The fourth-order valence-electron chi connectivity index (χ4n) is 2.07. The summed E-state index contributed by atoms with van der Waals surface area (Å²) >= 11 is 1.42. The molecule has 0 aliphatic carbocycles. The second-order valence-electron chi connectivity index (χ2n) is 5.95. The average Bonchev–Trinajstić information content (AvgIpc) is 2.83. The van der Waals surface area contributed by atoms with Gasteiger partial charge in [0.1, 0.15) is 16.6 Å². The lowest BCUT2D eigenvalue weighted by Crippen LogP contribution is -2.18. The van der Waals surface area contributed by atoms with E-state index < -0.39 is 11.6 Å². The Morgan fingerprint density at radius 2 is 1.95 bits per heavy atom. The van der Waals surface area contributed by atoms with E-state index in [9.17, 15) is 8.78 Å². The molecule has 1 aromatic heterocycles. The Kier molecular flexibility index (Phi) is 4.74. The number of hydrogen-bond donors (Lipinski definition) is 1. The molecule has 0 aliphatic rings. The molecule has 114 valence electrons. The number of rotatable bonds is 4. The van der Waals surface area contributed by atoms with Gasteiger partial charge in [0.15, 0.2) is 0 Å². The van der Waals surface area contributed by atoms with Crippen LogP contribution in [-0.2, 0) is 12.0 Å². The van der Waals surface area contributed by atoms with Gasteiger partial charge in [0.05, 0.1) is 5.69 Å². The van der Waals surface area contributed by atoms with E-state index in [1.54, 1.807) is 0 Å². The SMILES string of the molecule is CCNCc1sc(-c2cc(F)ccc2F)nc1C(C)(C)C. The number of benzene rings is 1. The van der Waals surface area contributed by atoms with Crippen LogP contribution in [0.15, 0.2) is 18.2 Å². The van der Waals surface area contributed by atoms with Crippen molar-refractivity contribution in [2.75, 3.05) is 6.54 Å². The zero-order chi connectivity index (χ0) is 15.6. The number of thiazole rings is 1. The first-order chi connectivity index (χ1) is 9.82. The second-order valence-corrected chi connectivity index (χ2v) is 7.03. The maximum atomic E-state index is 13.9. The van der Waals surface area contributed by atoms with E-state index in [4.69, 9.17) is 0 Å². The smallest absolute Gasteiger partial charge is 0.133 e. The van der Waals surface area contributed by atoms with E-state index in [1.165, 1.54) is 17.4 Å². The molecule has 0 amide bonds. The lowest BCUT2D eigenvalue weighted by Gasteiger charge is -2.17. The molecule has 0 bridgehead atoms. The van der Waals surface area contributed by atoms with Gasteiger partial charge in [-0.1, -0.05) is 27.7 Å². The summed E-state index contributed by atoms with van der Waals surface area (Å²) in [6.07, 6.45) is 0. The Bertz CT molecular complexity index is 630. The van der Waals surface area contributed by atoms with E-state index in [-0.39, 0.29) is 11.0 Å². The van der Waals surface area contributed by atoms with Crippen LogP contribution < -0.4 is 5.32 Å². The van der Waals surface area contributed by atoms with Crippen molar-refractivity contribution >= 4 is 11.3 Å². The van der Waals surface area contributed by atoms with E-state index in [0.29, 0.717) is 11.6 Å². The third-order valence-corrected chi connectivity index (χ3v) is 4.19. The minimum atomic E-state index is -0.452. The molecular formula is C16H20F2N2S. The van der Waals surface area contributed by atoms with E-state index in [2.05, 4.69) is 31.1 Å². The fraction of sp³-hybridized carbons (Fsp3) is 0.438. The topological polar surface area (TPSA) is 24.9 Å². The van der Waals surface area contributed by atoms with Crippen LogP contribution in [0.2, 0.25) is 0 Å². The van der Waals surface area contributed by atoms with Gasteiger partial charge in [-0.05, 0) is 24.7 Å². The molecule has 1 heterocycles. The minimum Gasteiger partial charge on any atom is -0.312 e. The van der Waals surface area contributed by atoms with Gasteiger partial charge in [-0.3, -0.25) is 0 Å². The van der Waals surface area contributed by atoms with Crippen LogP contribution in [0.5, 0.6) is 0 Å². The fourth-order valence-corrected chi connectivity index (χ4v) is 3.33.